The number of nitrogens with one attached hydrogen (secondary N) is 1. The molecule has 0 atom stereocenters. The zero-order valence-electron chi connectivity index (χ0n) is 22.6. The molecule has 1 aromatic heterocycles. The average molecular weight is 489 g/mol. The molecule has 3 aromatic rings. The third kappa shape index (κ3) is 8.72. The van der Waals surface area contributed by atoms with Crippen LogP contribution in [0.4, 0.5) is 5.69 Å². The Labute approximate surface area is 217 Å². The molecule has 36 heavy (non-hydrogen) atoms. The molecule has 0 bridgehead atoms. The number of nitrogens with zero attached hydrogens (tertiary/aromatic N) is 1. The summed E-state index contributed by atoms with van der Waals surface area (Å²) in [5, 5.41) is 5.97. The van der Waals surface area contributed by atoms with Gasteiger partial charge in [-0.2, -0.15) is 0 Å². The number of pyridine rings is 1. The minimum atomic E-state index is -0.208. The van der Waals surface area contributed by atoms with E-state index in [2.05, 4.69) is 41.7 Å². The van der Waals surface area contributed by atoms with Gasteiger partial charge in [0.2, 0.25) is 0 Å². The zero-order valence-corrected chi connectivity index (χ0v) is 22.6. The molecule has 0 amide bonds. The quantitative estimate of drug-likeness (QED) is 0.162. The number of para-hydroxylation sites is 2. The monoisotopic (exact) mass is 488 g/mol. The summed E-state index contributed by atoms with van der Waals surface area (Å²) in [4.78, 5) is 29.0. The van der Waals surface area contributed by atoms with Crippen LogP contribution >= 0.6 is 0 Å². The summed E-state index contributed by atoms with van der Waals surface area (Å²) in [6.45, 7) is 6.88. The summed E-state index contributed by atoms with van der Waals surface area (Å²) in [5.74, 6) is 0.771. The second kappa shape index (κ2) is 14.1. The Balaban J connectivity index is 1.25. The number of rotatable bonds is 16. The van der Waals surface area contributed by atoms with Gasteiger partial charge >= 0.3 is 0 Å². The zero-order chi connectivity index (χ0) is 25.8. The van der Waals surface area contributed by atoms with E-state index in [-0.39, 0.29) is 5.41 Å². The van der Waals surface area contributed by atoms with E-state index in [4.69, 9.17) is 4.98 Å². The van der Waals surface area contributed by atoms with Crippen molar-refractivity contribution < 1.29 is 9.59 Å². The van der Waals surface area contributed by atoms with Gasteiger partial charge in [-0.25, -0.2) is 4.98 Å². The Kier molecular flexibility index (Phi) is 10.9. The maximum Gasteiger partial charge on any atom is 0.138 e. The van der Waals surface area contributed by atoms with E-state index < -0.39 is 0 Å². The van der Waals surface area contributed by atoms with E-state index in [1.54, 1.807) is 0 Å². The summed E-state index contributed by atoms with van der Waals surface area (Å²) in [6, 6.07) is 16.6. The molecule has 194 valence electrons. The largest absolute Gasteiger partial charge is 0.384 e. The number of benzene rings is 2. The lowest BCUT2D eigenvalue weighted by Gasteiger charge is -2.16. The van der Waals surface area contributed by atoms with Crippen molar-refractivity contribution >= 4 is 39.1 Å². The number of Topliss-reactive ketones (excluding diaryl/α,β-unsaturated/α-hetero) is 2. The molecule has 4 heteroatoms. The van der Waals surface area contributed by atoms with E-state index >= 15 is 0 Å². The summed E-state index contributed by atoms with van der Waals surface area (Å²) >= 11 is 0. The standard InChI is InChI=1S/C32H44N2O2/c1-32(2,3)30(36)23-11-7-5-4-6-9-17-25(35)18-10-8-16-24-33-31-26-19-12-14-21-28(26)34-29-22-15-13-20-27(29)31/h12-15,19-22H,4-11,16-18,23-24H2,1-3H3,(H,33,34). The predicted molar refractivity (Wildman–Crippen MR) is 153 cm³/mol. The van der Waals surface area contributed by atoms with Crippen LogP contribution in [0.5, 0.6) is 0 Å². The van der Waals surface area contributed by atoms with Crippen molar-refractivity contribution in [2.75, 3.05) is 11.9 Å². The Hall–Kier alpha value is -2.75. The molecule has 0 aliphatic rings. The summed E-state index contributed by atoms with van der Waals surface area (Å²) < 4.78 is 0. The Morgan fingerprint density at radius 2 is 1.14 bits per heavy atom. The van der Waals surface area contributed by atoms with Crippen LogP contribution in [0.3, 0.4) is 0 Å². The van der Waals surface area contributed by atoms with E-state index in [1.165, 1.54) is 12.8 Å². The molecule has 0 saturated heterocycles. The highest BCUT2D eigenvalue weighted by molar-refractivity contribution is 6.07. The molecule has 0 aliphatic carbocycles. The van der Waals surface area contributed by atoms with E-state index in [0.717, 1.165) is 85.4 Å². The predicted octanol–water partition coefficient (Wildman–Crippen LogP) is 8.67. The van der Waals surface area contributed by atoms with Crippen molar-refractivity contribution in [1.29, 1.82) is 0 Å². The van der Waals surface area contributed by atoms with Gasteiger partial charge in [-0.05, 0) is 37.8 Å². The molecule has 0 radical (unpaired) electrons. The SMILES string of the molecule is CC(C)(C)C(=O)CCCCCCCCC(=O)CCCCCNc1c2ccccc2nc2ccccc12. The van der Waals surface area contributed by atoms with Crippen molar-refractivity contribution in [3.8, 4) is 0 Å². The fraction of sp³-hybridized carbons (Fsp3) is 0.531. The summed E-state index contributed by atoms with van der Waals surface area (Å²) in [5.41, 5.74) is 2.98. The third-order valence-electron chi connectivity index (χ3n) is 6.97. The highest BCUT2D eigenvalue weighted by Crippen LogP contribution is 2.30. The van der Waals surface area contributed by atoms with Gasteiger partial charge in [0.1, 0.15) is 11.6 Å². The average Bonchev–Trinajstić information content (AvgIpc) is 2.86. The summed E-state index contributed by atoms with van der Waals surface area (Å²) in [6.07, 6.45) is 11.8. The first-order valence-electron chi connectivity index (χ1n) is 13.9. The van der Waals surface area contributed by atoms with Gasteiger partial charge < -0.3 is 5.32 Å². The smallest absolute Gasteiger partial charge is 0.138 e. The van der Waals surface area contributed by atoms with Gasteiger partial charge in [-0.1, -0.05) is 89.3 Å². The van der Waals surface area contributed by atoms with Gasteiger partial charge in [0.15, 0.2) is 0 Å². The summed E-state index contributed by atoms with van der Waals surface area (Å²) in [7, 11) is 0. The van der Waals surface area contributed by atoms with Gasteiger partial charge in [-0.3, -0.25) is 9.59 Å². The van der Waals surface area contributed by atoms with Crippen molar-refractivity contribution in [2.24, 2.45) is 5.41 Å². The fourth-order valence-corrected chi connectivity index (χ4v) is 4.68. The second-order valence-electron chi connectivity index (χ2n) is 11.1. The van der Waals surface area contributed by atoms with Gasteiger partial charge in [0.05, 0.1) is 16.7 Å². The van der Waals surface area contributed by atoms with Crippen LogP contribution in [0.25, 0.3) is 21.8 Å². The van der Waals surface area contributed by atoms with E-state index in [0.29, 0.717) is 24.4 Å². The van der Waals surface area contributed by atoms with Crippen molar-refractivity contribution in [3.05, 3.63) is 48.5 Å². The number of aromatic nitrogens is 1. The Morgan fingerprint density at radius 1 is 0.667 bits per heavy atom. The topological polar surface area (TPSA) is 59.1 Å². The van der Waals surface area contributed by atoms with Crippen LogP contribution in [-0.4, -0.2) is 23.1 Å². The molecule has 0 unspecified atom stereocenters. The molecule has 0 aliphatic heterocycles. The first kappa shape index (κ1) is 27.8. The number of unbranched alkanes of at least 4 members (excludes halogenated alkanes) is 7. The van der Waals surface area contributed by atoms with Crippen LogP contribution in [0.2, 0.25) is 0 Å². The minimum absolute atomic E-state index is 0.208. The molecule has 4 nitrogen and oxygen atoms in total. The lowest BCUT2D eigenvalue weighted by Crippen LogP contribution is -2.19. The van der Waals surface area contributed by atoms with Crippen LogP contribution in [0.1, 0.15) is 97.8 Å². The lowest BCUT2D eigenvalue weighted by molar-refractivity contribution is -0.126. The Bertz CT molecular complexity index is 1080. The second-order valence-corrected chi connectivity index (χ2v) is 11.1. The molecule has 1 heterocycles. The van der Waals surface area contributed by atoms with E-state index in [1.807, 2.05) is 32.9 Å². The Morgan fingerprint density at radius 3 is 1.69 bits per heavy atom. The lowest BCUT2D eigenvalue weighted by atomic mass is 9.88. The molecule has 3 rings (SSSR count). The first-order chi connectivity index (χ1) is 17.4. The van der Waals surface area contributed by atoms with Crippen molar-refractivity contribution in [1.82, 2.24) is 4.98 Å². The van der Waals surface area contributed by atoms with Crippen LogP contribution in [0.15, 0.2) is 48.5 Å². The number of hydrogen-bond acceptors (Lipinski definition) is 4. The van der Waals surface area contributed by atoms with Gasteiger partial charge in [-0.15, -0.1) is 0 Å². The fourth-order valence-electron chi connectivity index (χ4n) is 4.68. The minimum Gasteiger partial charge on any atom is -0.384 e. The van der Waals surface area contributed by atoms with Crippen LogP contribution in [0, 0.1) is 5.41 Å². The molecule has 0 saturated carbocycles. The molecule has 0 fully saturated rings. The highest BCUT2D eigenvalue weighted by Gasteiger charge is 2.19. The van der Waals surface area contributed by atoms with Gasteiger partial charge in [0.25, 0.3) is 0 Å². The number of hydrogen-bond donors (Lipinski definition) is 1. The first-order valence-corrected chi connectivity index (χ1v) is 13.9. The van der Waals surface area contributed by atoms with Crippen molar-refractivity contribution in [2.45, 2.75) is 97.8 Å². The molecule has 0 spiro atoms. The number of ketones is 2. The highest BCUT2D eigenvalue weighted by atomic mass is 16.1. The maximum absolute atomic E-state index is 12.2. The normalized spacial score (nSPS) is 11.8. The van der Waals surface area contributed by atoms with Gasteiger partial charge in [0, 0.05) is 42.0 Å². The molecular formula is C32H44N2O2. The molecule has 2 aromatic carbocycles. The van der Waals surface area contributed by atoms with E-state index in [9.17, 15) is 9.59 Å². The third-order valence-corrected chi connectivity index (χ3v) is 6.97. The van der Waals surface area contributed by atoms with Crippen LogP contribution < -0.4 is 5.32 Å². The molecule has 1 N–H and O–H groups in total. The molecular weight excluding hydrogens is 444 g/mol. The number of fused-ring (bicyclic) bond motifs is 2. The maximum atomic E-state index is 12.2. The van der Waals surface area contributed by atoms with Crippen LogP contribution in [-0.2, 0) is 9.59 Å². The number of anilines is 1. The number of carbonyl (C=O) groups excluding carboxylic acids is 2. The number of carbonyl (C=O) groups is 2. The van der Waals surface area contributed by atoms with Crippen molar-refractivity contribution in [3.63, 3.8) is 0 Å².